The number of hydrogen-bond acceptors (Lipinski definition) is 4. The topological polar surface area (TPSA) is 58.0 Å². The highest BCUT2D eigenvalue weighted by Crippen LogP contribution is 2.27. The molecule has 0 aliphatic carbocycles. The number of alkyl halides is 3. The Bertz CT molecular complexity index is 368. The molecule has 2 atom stereocenters. The lowest BCUT2D eigenvalue weighted by Crippen LogP contribution is -2.22. The molecule has 0 aliphatic heterocycles. The van der Waals surface area contributed by atoms with Gasteiger partial charge in [-0.15, -0.1) is 0 Å². The van der Waals surface area contributed by atoms with Crippen molar-refractivity contribution in [2.45, 2.75) is 38.6 Å². The van der Waals surface area contributed by atoms with Crippen molar-refractivity contribution in [1.29, 1.82) is 0 Å². The lowest BCUT2D eigenvalue weighted by Gasteiger charge is -2.15. The minimum atomic E-state index is -4.48. The van der Waals surface area contributed by atoms with Crippen LogP contribution in [0.25, 0.3) is 0 Å². The van der Waals surface area contributed by atoms with Gasteiger partial charge in [0.15, 0.2) is 0 Å². The fraction of sp³-hybridized carbons (Fsp3) is 0.600. The van der Waals surface area contributed by atoms with Gasteiger partial charge in [0.1, 0.15) is 5.69 Å². The molecule has 0 spiro atoms. The van der Waals surface area contributed by atoms with E-state index in [1.54, 1.807) is 13.8 Å². The molecule has 1 heterocycles. The van der Waals surface area contributed by atoms with E-state index in [-0.39, 0.29) is 12.0 Å². The molecular formula is C10H14F3N3O. The van der Waals surface area contributed by atoms with Crippen LogP contribution >= 0.6 is 0 Å². The molecule has 17 heavy (non-hydrogen) atoms. The molecule has 2 N–H and O–H groups in total. The van der Waals surface area contributed by atoms with Gasteiger partial charge in [0.25, 0.3) is 0 Å². The number of nitrogens with one attached hydrogen (secondary N) is 1. The van der Waals surface area contributed by atoms with Gasteiger partial charge in [0, 0.05) is 12.2 Å². The van der Waals surface area contributed by atoms with Gasteiger partial charge in [-0.1, -0.05) is 0 Å². The van der Waals surface area contributed by atoms with Crippen LogP contribution in [0.2, 0.25) is 0 Å². The summed E-state index contributed by atoms with van der Waals surface area (Å²) in [6.45, 7) is 3.33. The Labute approximate surface area is 96.9 Å². The average molecular weight is 249 g/mol. The van der Waals surface area contributed by atoms with E-state index in [2.05, 4.69) is 15.3 Å². The van der Waals surface area contributed by atoms with E-state index in [0.29, 0.717) is 6.42 Å². The van der Waals surface area contributed by atoms with Crippen LogP contribution in [0.15, 0.2) is 12.3 Å². The van der Waals surface area contributed by atoms with Crippen molar-refractivity contribution < 1.29 is 18.3 Å². The van der Waals surface area contributed by atoms with Crippen molar-refractivity contribution in [2.24, 2.45) is 0 Å². The first-order valence-corrected chi connectivity index (χ1v) is 5.14. The Morgan fingerprint density at radius 1 is 1.41 bits per heavy atom. The number of hydrogen-bond donors (Lipinski definition) is 2. The fourth-order valence-electron chi connectivity index (χ4n) is 1.38. The maximum Gasteiger partial charge on any atom is 0.433 e. The molecule has 0 aliphatic rings. The highest BCUT2D eigenvalue weighted by atomic mass is 19.4. The molecule has 1 rings (SSSR count). The summed E-state index contributed by atoms with van der Waals surface area (Å²) in [5, 5.41) is 11.8. The largest absolute Gasteiger partial charge is 0.433 e. The minimum Gasteiger partial charge on any atom is -0.393 e. The number of rotatable bonds is 4. The summed E-state index contributed by atoms with van der Waals surface area (Å²) in [6, 6.07) is 0.600. The third-order valence-corrected chi connectivity index (χ3v) is 2.02. The van der Waals surface area contributed by atoms with Crippen LogP contribution in [-0.2, 0) is 6.18 Å². The van der Waals surface area contributed by atoms with Crippen LogP contribution in [0.1, 0.15) is 26.0 Å². The maximum absolute atomic E-state index is 12.4. The second kappa shape index (κ2) is 5.31. The predicted molar refractivity (Wildman–Crippen MR) is 56.4 cm³/mol. The number of nitrogens with zero attached hydrogens (tertiary/aromatic N) is 2. The Morgan fingerprint density at radius 3 is 2.59 bits per heavy atom. The standard InChI is InChI=1S/C10H14F3N3O/c1-6(5-7(2)17)15-9-14-4-3-8(16-9)10(11,12)13/h3-4,6-7,17H,5H2,1-2H3,(H,14,15,16). The zero-order chi connectivity index (χ0) is 13.1. The van der Waals surface area contributed by atoms with Gasteiger partial charge in [0.2, 0.25) is 5.95 Å². The molecule has 2 unspecified atom stereocenters. The third kappa shape index (κ3) is 4.56. The summed E-state index contributed by atoms with van der Waals surface area (Å²) in [4.78, 5) is 7.06. The van der Waals surface area contributed by atoms with Gasteiger partial charge in [-0.05, 0) is 26.3 Å². The average Bonchev–Trinajstić information content (AvgIpc) is 2.15. The van der Waals surface area contributed by atoms with Crippen molar-refractivity contribution in [3.63, 3.8) is 0 Å². The van der Waals surface area contributed by atoms with Gasteiger partial charge >= 0.3 is 6.18 Å². The van der Waals surface area contributed by atoms with Crippen LogP contribution in [0.3, 0.4) is 0 Å². The number of aliphatic hydroxyl groups excluding tert-OH is 1. The molecule has 0 bridgehead atoms. The zero-order valence-electron chi connectivity index (χ0n) is 9.49. The van der Waals surface area contributed by atoms with Gasteiger partial charge in [-0.25, -0.2) is 9.97 Å². The summed E-state index contributed by atoms with van der Waals surface area (Å²) in [6.07, 6.45) is -3.57. The Morgan fingerprint density at radius 2 is 2.06 bits per heavy atom. The quantitative estimate of drug-likeness (QED) is 0.857. The van der Waals surface area contributed by atoms with Crippen molar-refractivity contribution in [2.75, 3.05) is 5.32 Å². The molecule has 7 heteroatoms. The van der Waals surface area contributed by atoms with E-state index >= 15 is 0 Å². The molecule has 1 aromatic heterocycles. The molecule has 0 aromatic carbocycles. The first-order chi connectivity index (χ1) is 7.79. The minimum absolute atomic E-state index is 0.0898. The smallest absolute Gasteiger partial charge is 0.393 e. The predicted octanol–water partition coefficient (Wildman–Crippen LogP) is 2.07. The van der Waals surface area contributed by atoms with Crippen molar-refractivity contribution in [1.82, 2.24) is 9.97 Å². The van der Waals surface area contributed by atoms with Crippen molar-refractivity contribution in [3.05, 3.63) is 18.0 Å². The second-order valence-corrected chi connectivity index (χ2v) is 3.89. The monoisotopic (exact) mass is 249 g/mol. The van der Waals surface area contributed by atoms with Crippen LogP contribution in [0.4, 0.5) is 19.1 Å². The summed E-state index contributed by atoms with van der Waals surface area (Å²) in [7, 11) is 0. The first kappa shape index (κ1) is 13.7. The Hall–Kier alpha value is -1.37. The lowest BCUT2D eigenvalue weighted by molar-refractivity contribution is -0.141. The molecule has 1 aromatic rings. The van der Waals surface area contributed by atoms with Gasteiger partial charge in [-0.2, -0.15) is 13.2 Å². The molecule has 0 fully saturated rings. The molecule has 0 amide bonds. The van der Waals surface area contributed by atoms with E-state index in [1.807, 2.05) is 0 Å². The number of halogens is 3. The number of anilines is 1. The van der Waals surface area contributed by atoms with Crippen LogP contribution < -0.4 is 5.32 Å². The van der Waals surface area contributed by atoms with E-state index in [1.165, 1.54) is 0 Å². The second-order valence-electron chi connectivity index (χ2n) is 3.89. The van der Waals surface area contributed by atoms with Gasteiger partial charge in [0.05, 0.1) is 6.10 Å². The summed E-state index contributed by atoms with van der Waals surface area (Å²) in [5.41, 5.74) is -0.987. The number of aromatic nitrogens is 2. The van der Waals surface area contributed by atoms with Crippen molar-refractivity contribution >= 4 is 5.95 Å². The Kier molecular flexibility index (Phi) is 4.28. The summed E-state index contributed by atoms with van der Waals surface area (Å²) < 4.78 is 37.1. The van der Waals surface area contributed by atoms with E-state index < -0.39 is 18.0 Å². The van der Waals surface area contributed by atoms with E-state index in [9.17, 15) is 13.2 Å². The van der Waals surface area contributed by atoms with Crippen LogP contribution in [-0.4, -0.2) is 27.2 Å². The number of aliphatic hydroxyl groups is 1. The highest BCUT2D eigenvalue weighted by molar-refractivity contribution is 5.27. The lowest BCUT2D eigenvalue weighted by atomic mass is 10.2. The summed E-state index contributed by atoms with van der Waals surface area (Å²) >= 11 is 0. The van der Waals surface area contributed by atoms with Crippen molar-refractivity contribution in [3.8, 4) is 0 Å². The van der Waals surface area contributed by atoms with Crippen LogP contribution in [0.5, 0.6) is 0 Å². The van der Waals surface area contributed by atoms with Crippen LogP contribution in [0, 0.1) is 0 Å². The molecule has 0 saturated heterocycles. The normalized spacial score (nSPS) is 15.4. The maximum atomic E-state index is 12.4. The zero-order valence-corrected chi connectivity index (χ0v) is 9.49. The molecule has 0 radical (unpaired) electrons. The SMILES string of the molecule is CC(O)CC(C)Nc1nccc(C(F)(F)F)n1. The van der Waals surface area contributed by atoms with Gasteiger partial charge < -0.3 is 10.4 Å². The first-order valence-electron chi connectivity index (χ1n) is 5.14. The molecular weight excluding hydrogens is 235 g/mol. The third-order valence-electron chi connectivity index (χ3n) is 2.02. The fourth-order valence-corrected chi connectivity index (χ4v) is 1.38. The highest BCUT2D eigenvalue weighted by Gasteiger charge is 2.32. The Balaban J connectivity index is 2.72. The van der Waals surface area contributed by atoms with E-state index in [0.717, 1.165) is 12.3 Å². The molecule has 96 valence electrons. The van der Waals surface area contributed by atoms with E-state index in [4.69, 9.17) is 5.11 Å². The summed E-state index contributed by atoms with van der Waals surface area (Å²) in [5.74, 6) is -0.0898. The molecule has 4 nitrogen and oxygen atoms in total. The van der Waals surface area contributed by atoms with Gasteiger partial charge in [-0.3, -0.25) is 0 Å². The molecule has 0 saturated carbocycles.